The first-order chi connectivity index (χ1) is 9.30. The first-order valence-corrected chi connectivity index (χ1v) is 7.89. The molecular formula is C14H22N2O2S. The highest BCUT2D eigenvalue weighted by molar-refractivity contribution is 7.09. The van der Waals surface area contributed by atoms with E-state index in [1.165, 1.54) is 37.4 Å². The van der Waals surface area contributed by atoms with E-state index in [2.05, 4.69) is 15.3 Å². The largest absolute Gasteiger partial charge is 0.382 e. The second-order valence-corrected chi connectivity index (χ2v) is 6.77. The minimum Gasteiger partial charge on any atom is -0.382 e. The van der Waals surface area contributed by atoms with Gasteiger partial charge in [-0.2, -0.15) is 0 Å². The van der Waals surface area contributed by atoms with Gasteiger partial charge in [0.25, 0.3) is 0 Å². The van der Waals surface area contributed by atoms with Crippen molar-refractivity contribution in [3.05, 3.63) is 16.6 Å². The molecule has 0 radical (unpaired) electrons. The Labute approximate surface area is 118 Å². The summed E-state index contributed by atoms with van der Waals surface area (Å²) in [5.74, 6) is 0. The number of piperidine rings is 1. The van der Waals surface area contributed by atoms with Crippen molar-refractivity contribution < 1.29 is 9.47 Å². The summed E-state index contributed by atoms with van der Waals surface area (Å²) in [6.45, 7) is 5.01. The smallest absolute Gasteiger partial charge is 0.107 e. The fourth-order valence-electron chi connectivity index (χ4n) is 3.24. The molecule has 2 aliphatic heterocycles. The SMILES string of the molecule is COCC1CC2(CCN(Cc3nccs3)CC2)CO1. The van der Waals surface area contributed by atoms with Gasteiger partial charge in [-0.05, 0) is 37.8 Å². The summed E-state index contributed by atoms with van der Waals surface area (Å²) in [6, 6.07) is 0. The second-order valence-electron chi connectivity index (χ2n) is 5.79. The molecule has 0 bridgehead atoms. The number of hydrogen-bond acceptors (Lipinski definition) is 5. The molecule has 5 heteroatoms. The summed E-state index contributed by atoms with van der Waals surface area (Å²) < 4.78 is 11.1. The molecule has 1 spiro atoms. The van der Waals surface area contributed by atoms with Crippen LogP contribution in [-0.4, -0.2) is 49.4 Å². The molecule has 1 aromatic rings. The fourth-order valence-corrected chi connectivity index (χ4v) is 3.90. The van der Waals surface area contributed by atoms with Crippen molar-refractivity contribution in [2.45, 2.75) is 31.9 Å². The van der Waals surface area contributed by atoms with Gasteiger partial charge < -0.3 is 9.47 Å². The minimum atomic E-state index is 0.315. The number of rotatable bonds is 4. The molecular weight excluding hydrogens is 260 g/mol. The molecule has 0 aliphatic carbocycles. The van der Waals surface area contributed by atoms with Gasteiger partial charge in [-0.1, -0.05) is 0 Å². The lowest BCUT2D eigenvalue weighted by Gasteiger charge is -2.38. The first-order valence-electron chi connectivity index (χ1n) is 7.01. The van der Waals surface area contributed by atoms with Crippen LogP contribution in [-0.2, 0) is 16.0 Å². The topological polar surface area (TPSA) is 34.6 Å². The molecule has 1 aromatic heterocycles. The van der Waals surface area contributed by atoms with Crippen molar-refractivity contribution in [3.63, 3.8) is 0 Å². The quantitative estimate of drug-likeness (QED) is 0.847. The zero-order valence-electron chi connectivity index (χ0n) is 11.5. The third kappa shape index (κ3) is 3.16. The first kappa shape index (κ1) is 13.5. The van der Waals surface area contributed by atoms with Crippen LogP contribution in [0.15, 0.2) is 11.6 Å². The summed E-state index contributed by atoms with van der Waals surface area (Å²) in [7, 11) is 1.75. The molecule has 106 valence electrons. The minimum absolute atomic E-state index is 0.315. The van der Waals surface area contributed by atoms with Gasteiger partial charge in [0, 0.05) is 18.7 Å². The van der Waals surface area contributed by atoms with Crippen LogP contribution in [0.1, 0.15) is 24.3 Å². The summed E-state index contributed by atoms with van der Waals surface area (Å²) in [6.07, 6.45) is 5.88. The van der Waals surface area contributed by atoms with E-state index in [1.54, 1.807) is 18.4 Å². The zero-order chi connectivity index (χ0) is 13.1. The number of nitrogens with zero attached hydrogens (tertiary/aromatic N) is 2. The van der Waals surface area contributed by atoms with Gasteiger partial charge >= 0.3 is 0 Å². The van der Waals surface area contributed by atoms with Crippen LogP contribution in [0.25, 0.3) is 0 Å². The van der Waals surface area contributed by atoms with Crippen LogP contribution in [0.3, 0.4) is 0 Å². The highest BCUT2D eigenvalue weighted by Gasteiger charge is 2.42. The van der Waals surface area contributed by atoms with Gasteiger partial charge in [-0.3, -0.25) is 4.90 Å². The molecule has 4 nitrogen and oxygen atoms in total. The maximum atomic E-state index is 5.87. The Morgan fingerprint density at radius 1 is 1.53 bits per heavy atom. The predicted molar refractivity (Wildman–Crippen MR) is 75.3 cm³/mol. The lowest BCUT2D eigenvalue weighted by molar-refractivity contribution is 0.0284. The van der Waals surface area contributed by atoms with Crippen molar-refractivity contribution in [1.82, 2.24) is 9.88 Å². The van der Waals surface area contributed by atoms with Crippen molar-refractivity contribution in [3.8, 4) is 0 Å². The second kappa shape index (κ2) is 5.87. The number of aromatic nitrogens is 1. The molecule has 3 rings (SSSR count). The van der Waals surface area contributed by atoms with Crippen molar-refractivity contribution in [2.75, 3.05) is 33.4 Å². The number of methoxy groups -OCH3 is 1. The van der Waals surface area contributed by atoms with Crippen molar-refractivity contribution in [2.24, 2.45) is 5.41 Å². The average Bonchev–Trinajstić information content (AvgIpc) is 3.04. The number of thiazole rings is 1. The Morgan fingerprint density at radius 2 is 2.37 bits per heavy atom. The van der Waals surface area contributed by atoms with Crippen LogP contribution in [0.4, 0.5) is 0 Å². The van der Waals surface area contributed by atoms with E-state index in [9.17, 15) is 0 Å². The highest BCUT2D eigenvalue weighted by Crippen LogP contribution is 2.42. The molecule has 0 N–H and O–H groups in total. The van der Waals surface area contributed by atoms with Crippen LogP contribution < -0.4 is 0 Å². The van der Waals surface area contributed by atoms with Crippen LogP contribution >= 0.6 is 11.3 Å². The Morgan fingerprint density at radius 3 is 3.05 bits per heavy atom. The van der Waals surface area contributed by atoms with Gasteiger partial charge in [-0.15, -0.1) is 11.3 Å². The molecule has 19 heavy (non-hydrogen) atoms. The predicted octanol–water partition coefficient (Wildman–Crippen LogP) is 2.16. The molecule has 2 fully saturated rings. The molecule has 1 unspecified atom stereocenters. The van der Waals surface area contributed by atoms with E-state index in [-0.39, 0.29) is 0 Å². The number of ether oxygens (including phenoxy) is 2. The Bertz CT molecular complexity index is 388. The summed E-state index contributed by atoms with van der Waals surface area (Å²) in [5, 5.41) is 3.29. The van der Waals surface area contributed by atoms with E-state index < -0.39 is 0 Å². The standard InChI is InChI=1S/C14H22N2O2S/c1-17-10-12-8-14(11-18-12)2-5-16(6-3-14)9-13-15-4-7-19-13/h4,7,12H,2-3,5-6,8-11H2,1H3. The van der Waals surface area contributed by atoms with E-state index in [0.29, 0.717) is 11.5 Å². The zero-order valence-corrected chi connectivity index (χ0v) is 12.3. The summed E-state index contributed by atoms with van der Waals surface area (Å²) in [5.41, 5.74) is 0.419. The van der Waals surface area contributed by atoms with E-state index in [0.717, 1.165) is 19.8 Å². The Hall–Kier alpha value is -0.490. The fraction of sp³-hybridized carbons (Fsp3) is 0.786. The lowest BCUT2D eigenvalue weighted by Crippen LogP contribution is -2.40. The van der Waals surface area contributed by atoms with Crippen molar-refractivity contribution in [1.29, 1.82) is 0 Å². The van der Waals surface area contributed by atoms with Gasteiger partial charge in [0.2, 0.25) is 0 Å². The van der Waals surface area contributed by atoms with Crippen LogP contribution in [0, 0.1) is 5.41 Å². The molecule has 1 atom stereocenters. The van der Waals surface area contributed by atoms with Gasteiger partial charge in [0.15, 0.2) is 0 Å². The third-order valence-electron chi connectivity index (χ3n) is 4.40. The Kier molecular flexibility index (Phi) is 4.17. The molecule has 0 amide bonds. The van der Waals surface area contributed by atoms with E-state index in [4.69, 9.17) is 9.47 Å². The molecule has 2 saturated heterocycles. The summed E-state index contributed by atoms with van der Waals surface area (Å²) in [4.78, 5) is 6.89. The normalized spacial score (nSPS) is 27.1. The van der Waals surface area contributed by atoms with Crippen LogP contribution in [0.5, 0.6) is 0 Å². The van der Waals surface area contributed by atoms with Gasteiger partial charge in [0.05, 0.1) is 25.9 Å². The Balaban J connectivity index is 1.49. The molecule has 0 aromatic carbocycles. The number of hydrogen-bond donors (Lipinski definition) is 0. The van der Waals surface area contributed by atoms with E-state index in [1.807, 2.05) is 6.20 Å². The molecule has 0 saturated carbocycles. The average molecular weight is 282 g/mol. The summed E-state index contributed by atoms with van der Waals surface area (Å²) >= 11 is 1.75. The number of likely N-dealkylation sites (tertiary alicyclic amines) is 1. The third-order valence-corrected chi connectivity index (χ3v) is 5.16. The van der Waals surface area contributed by atoms with Gasteiger partial charge in [0.1, 0.15) is 5.01 Å². The van der Waals surface area contributed by atoms with E-state index >= 15 is 0 Å². The van der Waals surface area contributed by atoms with Crippen molar-refractivity contribution >= 4 is 11.3 Å². The maximum absolute atomic E-state index is 5.87. The van der Waals surface area contributed by atoms with Crippen LogP contribution in [0.2, 0.25) is 0 Å². The molecule has 3 heterocycles. The highest BCUT2D eigenvalue weighted by atomic mass is 32.1. The van der Waals surface area contributed by atoms with Gasteiger partial charge in [-0.25, -0.2) is 4.98 Å². The monoisotopic (exact) mass is 282 g/mol. The lowest BCUT2D eigenvalue weighted by atomic mass is 9.77. The molecule has 2 aliphatic rings. The maximum Gasteiger partial charge on any atom is 0.107 e.